The van der Waals surface area contributed by atoms with Gasteiger partial charge in [0.25, 0.3) is 5.56 Å². The highest BCUT2D eigenvalue weighted by Crippen LogP contribution is 2.20. The topological polar surface area (TPSA) is 61.0 Å². The van der Waals surface area contributed by atoms with Crippen molar-refractivity contribution < 1.29 is 0 Å². The Morgan fingerprint density at radius 1 is 1.47 bits per heavy atom. The fourth-order valence-electron chi connectivity index (χ4n) is 2.38. The number of aryl methyl sites for hydroxylation is 1. The van der Waals surface area contributed by atoms with Crippen LogP contribution in [0.3, 0.4) is 0 Å². The average molecular weight is 236 g/mol. The summed E-state index contributed by atoms with van der Waals surface area (Å²) in [6, 6.07) is 1.76. The summed E-state index contributed by atoms with van der Waals surface area (Å²) in [6.45, 7) is 8.03. The minimum absolute atomic E-state index is 0.0546. The van der Waals surface area contributed by atoms with Gasteiger partial charge in [-0.2, -0.15) is 0 Å². The van der Waals surface area contributed by atoms with Crippen LogP contribution in [0.5, 0.6) is 0 Å². The van der Waals surface area contributed by atoms with Gasteiger partial charge in [-0.3, -0.25) is 9.69 Å². The summed E-state index contributed by atoms with van der Waals surface area (Å²) in [7, 11) is 0. The van der Waals surface area contributed by atoms with Crippen molar-refractivity contribution in [2.24, 2.45) is 0 Å². The van der Waals surface area contributed by atoms with Crippen LogP contribution in [0.25, 0.3) is 0 Å². The lowest BCUT2D eigenvalue weighted by molar-refractivity contribution is 0.162. The Kier molecular flexibility index (Phi) is 3.91. The Hall–Kier alpha value is -1.20. The van der Waals surface area contributed by atoms with Crippen molar-refractivity contribution in [2.75, 3.05) is 26.2 Å². The fraction of sp³-hybridized carbons (Fsp3) is 0.667. The van der Waals surface area contributed by atoms with Gasteiger partial charge in [-0.25, -0.2) is 4.98 Å². The minimum atomic E-state index is -0.0546. The molecule has 0 spiro atoms. The average Bonchev–Trinajstić information content (AvgIpc) is 2.30. The van der Waals surface area contributed by atoms with Gasteiger partial charge in [0.05, 0.1) is 6.04 Å². The molecule has 1 unspecified atom stereocenters. The quantitative estimate of drug-likeness (QED) is 0.799. The molecule has 1 aromatic rings. The predicted octanol–water partition coefficient (Wildman–Crippen LogP) is 0.435. The maximum absolute atomic E-state index is 11.5. The standard InChI is InChI=1S/C12H20N4O/c1-3-10(16-6-4-13-5-7-16)12-14-9(2)8-11(17)15-12/h8,10,13H,3-7H2,1-2H3,(H,14,15,17). The highest BCUT2D eigenvalue weighted by molar-refractivity contribution is 5.04. The van der Waals surface area contributed by atoms with E-state index in [1.54, 1.807) is 0 Å². The Morgan fingerprint density at radius 3 is 2.76 bits per heavy atom. The molecule has 94 valence electrons. The zero-order valence-electron chi connectivity index (χ0n) is 10.5. The Balaban J connectivity index is 2.24. The van der Waals surface area contributed by atoms with Crippen molar-refractivity contribution in [3.8, 4) is 0 Å². The molecule has 0 aromatic carbocycles. The zero-order valence-corrected chi connectivity index (χ0v) is 10.5. The van der Waals surface area contributed by atoms with Crippen LogP contribution in [0.1, 0.15) is 30.9 Å². The van der Waals surface area contributed by atoms with Gasteiger partial charge in [0, 0.05) is 37.9 Å². The molecule has 1 atom stereocenters. The SMILES string of the molecule is CCC(c1nc(C)cc(=O)[nH]1)N1CCNCC1. The van der Waals surface area contributed by atoms with E-state index in [2.05, 4.69) is 27.1 Å². The molecular weight excluding hydrogens is 216 g/mol. The lowest BCUT2D eigenvalue weighted by atomic mass is 10.1. The number of nitrogens with zero attached hydrogens (tertiary/aromatic N) is 2. The third kappa shape index (κ3) is 2.92. The van der Waals surface area contributed by atoms with Gasteiger partial charge in [-0.1, -0.05) is 6.92 Å². The number of hydrogen-bond acceptors (Lipinski definition) is 4. The van der Waals surface area contributed by atoms with E-state index < -0.39 is 0 Å². The first-order valence-electron chi connectivity index (χ1n) is 6.23. The van der Waals surface area contributed by atoms with Crippen LogP contribution in [0.4, 0.5) is 0 Å². The van der Waals surface area contributed by atoms with Crippen LogP contribution >= 0.6 is 0 Å². The number of aromatic nitrogens is 2. The van der Waals surface area contributed by atoms with Gasteiger partial charge in [0.1, 0.15) is 5.82 Å². The molecule has 1 aliphatic heterocycles. The first kappa shape index (κ1) is 12.3. The van der Waals surface area contributed by atoms with E-state index in [9.17, 15) is 4.79 Å². The van der Waals surface area contributed by atoms with Crippen molar-refractivity contribution in [3.63, 3.8) is 0 Å². The number of piperazine rings is 1. The third-order valence-electron chi connectivity index (χ3n) is 3.18. The molecule has 0 radical (unpaired) electrons. The molecule has 0 amide bonds. The van der Waals surface area contributed by atoms with Crippen molar-refractivity contribution in [1.29, 1.82) is 0 Å². The molecule has 2 rings (SSSR count). The Morgan fingerprint density at radius 2 is 2.18 bits per heavy atom. The molecular formula is C12H20N4O. The summed E-state index contributed by atoms with van der Waals surface area (Å²) >= 11 is 0. The smallest absolute Gasteiger partial charge is 0.251 e. The monoisotopic (exact) mass is 236 g/mol. The van der Waals surface area contributed by atoms with Crippen molar-refractivity contribution in [3.05, 3.63) is 27.9 Å². The summed E-state index contributed by atoms with van der Waals surface area (Å²) in [5, 5.41) is 3.33. The lowest BCUT2D eigenvalue weighted by Crippen LogP contribution is -2.45. The van der Waals surface area contributed by atoms with Crippen LogP contribution in [-0.4, -0.2) is 41.0 Å². The summed E-state index contributed by atoms with van der Waals surface area (Å²) < 4.78 is 0. The molecule has 5 heteroatoms. The second-order valence-electron chi connectivity index (χ2n) is 4.48. The first-order valence-corrected chi connectivity index (χ1v) is 6.23. The van der Waals surface area contributed by atoms with E-state index in [0.717, 1.165) is 44.1 Å². The van der Waals surface area contributed by atoms with Gasteiger partial charge in [0.2, 0.25) is 0 Å². The molecule has 2 N–H and O–H groups in total. The molecule has 1 aromatic heterocycles. The zero-order chi connectivity index (χ0) is 12.3. The second-order valence-corrected chi connectivity index (χ2v) is 4.48. The first-order chi connectivity index (χ1) is 8.20. The number of aromatic amines is 1. The predicted molar refractivity (Wildman–Crippen MR) is 67.1 cm³/mol. The summed E-state index contributed by atoms with van der Waals surface area (Å²) in [5.74, 6) is 0.805. The van der Waals surface area contributed by atoms with E-state index in [4.69, 9.17) is 0 Å². The summed E-state index contributed by atoms with van der Waals surface area (Å²) in [5.41, 5.74) is 0.735. The normalized spacial score (nSPS) is 19.2. The molecule has 2 heterocycles. The molecule has 0 aliphatic carbocycles. The molecule has 1 aliphatic rings. The fourth-order valence-corrected chi connectivity index (χ4v) is 2.38. The van der Waals surface area contributed by atoms with Crippen LogP contribution < -0.4 is 10.9 Å². The summed E-state index contributed by atoms with van der Waals surface area (Å²) in [4.78, 5) is 21.2. The lowest BCUT2D eigenvalue weighted by Gasteiger charge is -2.33. The van der Waals surface area contributed by atoms with E-state index in [1.807, 2.05) is 6.92 Å². The minimum Gasteiger partial charge on any atom is -0.314 e. The van der Waals surface area contributed by atoms with Crippen LogP contribution in [0.2, 0.25) is 0 Å². The van der Waals surface area contributed by atoms with Gasteiger partial charge < -0.3 is 10.3 Å². The Labute approximate surface area is 101 Å². The third-order valence-corrected chi connectivity index (χ3v) is 3.18. The van der Waals surface area contributed by atoms with Crippen LogP contribution in [0, 0.1) is 6.92 Å². The molecule has 5 nitrogen and oxygen atoms in total. The van der Waals surface area contributed by atoms with E-state index in [1.165, 1.54) is 6.07 Å². The number of rotatable bonds is 3. The number of H-pyrrole nitrogens is 1. The van der Waals surface area contributed by atoms with Gasteiger partial charge in [0.15, 0.2) is 0 Å². The van der Waals surface area contributed by atoms with Crippen LogP contribution in [-0.2, 0) is 0 Å². The maximum Gasteiger partial charge on any atom is 0.251 e. The maximum atomic E-state index is 11.5. The van der Waals surface area contributed by atoms with E-state index in [-0.39, 0.29) is 11.6 Å². The van der Waals surface area contributed by atoms with Crippen molar-refractivity contribution in [2.45, 2.75) is 26.3 Å². The van der Waals surface area contributed by atoms with E-state index in [0.29, 0.717) is 0 Å². The Bertz CT molecular complexity index is 423. The van der Waals surface area contributed by atoms with Crippen LogP contribution in [0.15, 0.2) is 10.9 Å². The highest BCUT2D eigenvalue weighted by Gasteiger charge is 2.22. The summed E-state index contributed by atoms with van der Waals surface area (Å²) in [6.07, 6.45) is 0.965. The van der Waals surface area contributed by atoms with Crippen molar-refractivity contribution >= 4 is 0 Å². The second kappa shape index (κ2) is 5.42. The van der Waals surface area contributed by atoms with Gasteiger partial charge in [-0.15, -0.1) is 0 Å². The van der Waals surface area contributed by atoms with Gasteiger partial charge >= 0.3 is 0 Å². The number of nitrogens with one attached hydrogen (secondary N) is 2. The highest BCUT2D eigenvalue weighted by atomic mass is 16.1. The molecule has 0 bridgehead atoms. The van der Waals surface area contributed by atoms with E-state index >= 15 is 0 Å². The molecule has 0 saturated carbocycles. The van der Waals surface area contributed by atoms with Crippen molar-refractivity contribution in [1.82, 2.24) is 20.2 Å². The molecule has 17 heavy (non-hydrogen) atoms. The molecule has 1 fully saturated rings. The van der Waals surface area contributed by atoms with Gasteiger partial charge in [-0.05, 0) is 13.3 Å². The largest absolute Gasteiger partial charge is 0.314 e. The molecule has 1 saturated heterocycles. The number of hydrogen-bond donors (Lipinski definition) is 2.